The van der Waals surface area contributed by atoms with E-state index in [4.69, 9.17) is 10.5 Å². The number of nitrogens with one attached hydrogen (secondary N) is 1. The highest BCUT2D eigenvalue weighted by Gasteiger charge is 2.02. The van der Waals surface area contributed by atoms with Gasteiger partial charge in [0.1, 0.15) is 11.6 Å². The van der Waals surface area contributed by atoms with Crippen LogP contribution < -0.4 is 15.8 Å². The van der Waals surface area contributed by atoms with Gasteiger partial charge in [0.15, 0.2) is 0 Å². The molecule has 0 spiro atoms. The van der Waals surface area contributed by atoms with Gasteiger partial charge in [0.05, 0.1) is 23.5 Å². The van der Waals surface area contributed by atoms with E-state index in [1.807, 2.05) is 24.3 Å². The van der Waals surface area contributed by atoms with Gasteiger partial charge in [0, 0.05) is 11.8 Å². The van der Waals surface area contributed by atoms with Gasteiger partial charge in [-0.3, -0.25) is 0 Å². The largest absolute Gasteiger partial charge is 0.495 e. The van der Waals surface area contributed by atoms with E-state index in [9.17, 15) is 0 Å². The number of nitrogen functional groups attached to an aromatic ring is 1. The van der Waals surface area contributed by atoms with Crippen molar-refractivity contribution in [3.05, 3.63) is 41.0 Å². The first-order chi connectivity index (χ1) is 8.19. The van der Waals surface area contributed by atoms with E-state index in [0.29, 0.717) is 5.69 Å². The zero-order valence-corrected chi connectivity index (χ0v) is 10.9. The number of nitrogens with zero attached hydrogens (tertiary/aromatic N) is 1. The normalized spacial score (nSPS) is 10.0. The third-order valence-corrected chi connectivity index (χ3v) is 2.87. The van der Waals surface area contributed by atoms with Crippen LogP contribution in [0.1, 0.15) is 0 Å². The Morgan fingerprint density at radius 3 is 2.76 bits per heavy atom. The molecule has 17 heavy (non-hydrogen) atoms. The molecule has 0 aliphatic carbocycles. The molecule has 1 heterocycles. The Kier molecular flexibility index (Phi) is 3.49. The summed E-state index contributed by atoms with van der Waals surface area (Å²) in [5.41, 5.74) is 7.12. The fraction of sp³-hybridized carbons (Fsp3) is 0.0833. The van der Waals surface area contributed by atoms with Gasteiger partial charge in [-0.2, -0.15) is 0 Å². The smallest absolute Gasteiger partial charge is 0.135 e. The van der Waals surface area contributed by atoms with E-state index >= 15 is 0 Å². The monoisotopic (exact) mass is 293 g/mol. The van der Waals surface area contributed by atoms with E-state index in [0.717, 1.165) is 21.7 Å². The highest BCUT2D eigenvalue weighted by molar-refractivity contribution is 9.10. The van der Waals surface area contributed by atoms with Crippen LogP contribution in [-0.2, 0) is 0 Å². The summed E-state index contributed by atoms with van der Waals surface area (Å²) in [5, 5.41) is 3.17. The Hall–Kier alpha value is -1.75. The van der Waals surface area contributed by atoms with Crippen LogP contribution in [0.3, 0.4) is 0 Å². The van der Waals surface area contributed by atoms with E-state index in [1.54, 1.807) is 19.4 Å². The number of benzene rings is 1. The maximum Gasteiger partial charge on any atom is 0.135 e. The van der Waals surface area contributed by atoms with Gasteiger partial charge in [-0.05, 0) is 40.2 Å². The molecule has 4 nitrogen and oxygen atoms in total. The fourth-order valence-electron chi connectivity index (χ4n) is 1.36. The quantitative estimate of drug-likeness (QED) is 0.912. The molecule has 0 bridgehead atoms. The maximum absolute atomic E-state index is 5.57. The number of anilines is 3. The molecule has 0 amide bonds. The molecule has 0 radical (unpaired) electrons. The van der Waals surface area contributed by atoms with Gasteiger partial charge in [-0.15, -0.1) is 0 Å². The number of ether oxygens (including phenoxy) is 1. The molecule has 0 fully saturated rings. The van der Waals surface area contributed by atoms with Crippen LogP contribution in [0.15, 0.2) is 41.0 Å². The molecule has 0 saturated heterocycles. The van der Waals surface area contributed by atoms with Gasteiger partial charge >= 0.3 is 0 Å². The zero-order chi connectivity index (χ0) is 12.3. The summed E-state index contributed by atoms with van der Waals surface area (Å²) in [6.45, 7) is 0. The second-order valence-electron chi connectivity index (χ2n) is 3.45. The number of nitrogens with two attached hydrogens (primary N) is 1. The van der Waals surface area contributed by atoms with Gasteiger partial charge in [0.2, 0.25) is 0 Å². The average molecular weight is 294 g/mol. The van der Waals surface area contributed by atoms with Crippen molar-refractivity contribution in [1.29, 1.82) is 0 Å². The van der Waals surface area contributed by atoms with E-state index in [2.05, 4.69) is 26.2 Å². The van der Waals surface area contributed by atoms with E-state index < -0.39 is 0 Å². The second kappa shape index (κ2) is 5.05. The van der Waals surface area contributed by atoms with Crippen molar-refractivity contribution in [3.63, 3.8) is 0 Å². The third kappa shape index (κ3) is 2.88. The Balaban J connectivity index is 2.21. The highest BCUT2D eigenvalue weighted by Crippen LogP contribution is 2.29. The first-order valence-electron chi connectivity index (χ1n) is 5.01. The first kappa shape index (κ1) is 11.7. The highest BCUT2D eigenvalue weighted by atomic mass is 79.9. The van der Waals surface area contributed by atoms with Crippen LogP contribution in [0.5, 0.6) is 5.75 Å². The summed E-state index contributed by atoms with van der Waals surface area (Å²) in [6.07, 6.45) is 1.61. The molecular weight excluding hydrogens is 282 g/mol. The van der Waals surface area contributed by atoms with Crippen LogP contribution in [0.2, 0.25) is 0 Å². The molecule has 0 saturated carbocycles. The standard InChI is InChI=1S/C12H12BrN3O/c1-17-11-6-9(3-4-10(11)13)16-12-5-2-8(14)7-15-12/h2-7H,14H2,1H3,(H,15,16). The number of hydrogen-bond donors (Lipinski definition) is 2. The molecule has 0 unspecified atom stereocenters. The van der Waals surface area contributed by atoms with Gasteiger partial charge in [0.25, 0.3) is 0 Å². The van der Waals surface area contributed by atoms with Gasteiger partial charge in [-0.1, -0.05) is 0 Å². The molecule has 1 aromatic carbocycles. The summed E-state index contributed by atoms with van der Waals surface area (Å²) in [6, 6.07) is 9.36. The molecule has 5 heteroatoms. The number of pyridine rings is 1. The predicted octanol–water partition coefficient (Wildman–Crippen LogP) is 3.18. The Morgan fingerprint density at radius 2 is 2.12 bits per heavy atom. The Morgan fingerprint density at radius 1 is 1.29 bits per heavy atom. The zero-order valence-electron chi connectivity index (χ0n) is 9.27. The summed E-state index contributed by atoms with van der Waals surface area (Å²) in [5.74, 6) is 1.51. The minimum absolute atomic E-state index is 0.643. The van der Waals surface area contributed by atoms with Gasteiger partial charge < -0.3 is 15.8 Å². The molecule has 3 N–H and O–H groups in total. The summed E-state index contributed by atoms with van der Waals surface area (Å²) >= 11 is 3.40. The molecule has 0 atom stereocenters. The number of aromatic nitrogens is 1. The van der Waals surface area contributed by atoms with E-state index in [-0.39, 0.29) is 0 Å². The minimum atomic E-state index is 0.643. The second-order valence-corrected chi connectivity index (χ2v) is 4.31. The number of methoxy groups -OCH3 is 1. The predicted molar refractivity (Wildman–Crippen MR) is 72.6 cm³/mol. The average Bonchev–Trinajstić information content (AvgIpc) is 2.34. The van der Waals surface area contributed by atoms with E-state index in [1.165, 1.54) is 0 Å². The lowest BCUT2D eigenvalue weighted by atomic mass is 10.3. The maximum atomic E-state index is 5.57. The molecule has 2 rings (SSSR count). The SMILES string of the molecule is COc1cc(Nc2ccc(N)cn2)ccc1Br. The van der Waals surface area contributed by atoms with Crippen LogP contribution >= 0.6 is 15.9 Å². The summed E-state index contributed by atoms with van der Waals surface area (Å²) in [7, 11) is 1.63. The minimum Gasteiger partial charge on any atom is -0.495 e. The third-order valence-electron chi connectivity index (χ3n) is 2.21. The summed E-state index contributed by atoms with van der Waals surface area (Å²) < 4.78 is 6.13. The van der Waals surface area contributed by atoms with Gasteiger partial charge in [-0.25, -0.2) is 4.98 Å². The lowest BCUT2D eigenvalue weighted by Crippen LogP contribution is -1.95. The Labute approximate surface area is 108 Å². The lowest BCUT2D eigenvalue weighted by molar-refractivity contribution is 0.412. The summed E-state index contributed by atoms with van der Waals surface area (Å²) in [4.78, 5) is 4.16. The molecule has 0 aliphatic rings. The van der Waals surface area contributed by atoms with Crippen molar-refractivity contribution in [2.24, 2.45) is 0 Å². The van der Waals surface area contributed by atoms with Crippen molar-refractivity contribution in [2.45, 2.75) is 0 Å². The van der Waals surface area contributed by atoms with Crippen LogP contribution in [0, 0.1) is 0 Å². The Bertz CT molecular complexity index is 514. The number of rotatable bonds is 3. The lowest BCUT2D eigenvalue weighted by Gasteiger charge is -2.08. The van der Waals surface area contributed by atoms with Crippen molar-refractivity contribution in [2.75, 3.05) is 18.2 Å². The van der Waals surface area contributed by atoms with Crippen molar-refractivity contribution in [1.82, 2.24) is 4.98 Å². The molecule has 2 aromatic rings. The number of halogens is 1. The van der Waals surface area contributed by atoms with Crippen molar-refractivity contribution in [3.8, 4) is 5.75 Å². The molecular formula is C12H12BrN3O. The van der Waals surface area contributed by atoms with Crippen LogP contribution in [-0.4, -0.2) is 12.1 Å². The van der Waals surface area contributed by atoms with Crippen molar-refractivity contribution >= 4 is 33.1 Å². The van der Waals surface area contributed by atoms with Crippen LogP contribution in [0.4, 0.5) is 17.2 Å². The van der Waals surface area contributed by atoms with Crippen molar-refractivity contribution < 1.29 is 4.74 Å². The molecule has 0 aliphatic heterocycles. The number of hydrogen-bond acceptors (Lipinski definition) is 4. The topological polar surface area (TPSA) is 60.2 Å². The first-order valence-corrected chi connectivity index (χ1v) is 5.80. The fourth-order valence-corrected chi connectivity index (χ4v) is 1.77. The van der Waals surface area contributed by atoms with Crippen LogP contribution in [0.25, 0.3) is 0 Å². The molecule has 1 aromatic heterocycles. The molecule has 88 valence electrons.